The molecule has 0 aliphatic carbocycles. The van der Waals surface area contributed by atoms with Crippen molar-refractivity contribution in [3.05, 3.63) is 100 Å². The first-order valence-corrected chi connectivity index (χ1v) is 13.4. The molecule has 0 spiro atoms. The minimum atomic E-state index is -3.97. The third-order valence-corrected chi connectivity index (χ3v) is 7.79. The molecule has 0 saturated carbocycles. The molecule has 0 aliphatic rings. The summed E-state index contributed by atoms with van der Waals surface area (Å²) in [5, 5.41) is 5.16. The van der Waals surface area contributed by atoms with E-state index in [0.717, 1.165) is 27.9 Å². The highest BCUT2D eigenvalue weighted by atomic mass is 35.5. The summed E-state index contributed by atoms with van der Waals surface area (Å²) in [5.74, 6) is 0.827. The van der Waals surface area contributed by atoms with Gasteiger partial charge in [0.25, 0.3) is 10.0 Å². The molecule has 0 saturated heterocycles. The van der Waals surface area contributed by atoms with Crippen LogP contribution in [-0.4, -0.2) is 18.6 Å². The average Bonchev–Trinajstić information content (AvgIpc) is 3.19. The second-order valence-electron chi connectivity index (χ2n) is 8.71. The van der Waals surface area contributed by atoms with Gasteiger partial charge >= 0.3 is 0 Å². The zero-order valence-corrected chi connectivity index (χ0v) is 22.0. The molecule has 0 fully saturated rings. The van der Waals surface area contributed by atoms with Crippen LogP contribution in [0.2, 0.25) is 5.02 Å². The average molecular weight is 534 g/mol. The molecule has 3 aromatic carbocycles. The lowest BCUT2D eigenvalue weighted by Gasteiger charge is -2.14. The summed E-state index contributed by atoms with van der Waals surface area (Å²) >= 11 is 6.67. The van der Waals surface area contributed by atoms with E-state index in [-0.39, 0.29) is 10.8 Å². The van der Waals surface area contributed by atoms with Crippen molar-refractivity contribution in [1.29, 1.82) is 0 Å². The van der Waals surface area contributed by atoms with Crippen LogP contribution < -0.4 is 9.46 Å². The van der Waals surface area contributed by atoms with Crippen LogP contribution in [0.25, 0.3) is 22.0 Å². The maximum atomic E-state index is 13.3. The minimum absolute atomic E-state index is 0.0769. The third kappa shape index (κ3) is 5.03. The van der Waals surface area contributed by atoms with Crippen LogP contribution in [0, 0.1) is 20.8 Å². The molecule has 188 valence electrons. The SMILES string of the molecule is Cc1cc(OCc2ccc(-c3ccccc3S(=O)(=O)Nc3onc(C)c3C)c(Cl)c2)c2ccccc2n1. The second-order valence-corrected chi connectivity index (χ2v) is 10.8. The minimum Gasteiger partial charge on any atom is -0.488 e. The van der Waals surface area contributed by atoms with Crippen molar-refractivity contribution in [3.63, 3.8) is 0 Å². The second kappa shape index (κ2) is 9.88. The lowest BCUT2D eigenvalue weighted by Crippen LogP contribution is -2.14. The Morgan fingerprint density at radius 2 is 1.70 bits per heavy atom. The highest BCUT2D eigenvalue weighted by Crippen LogP contribution is 2.35. The highest BCUT2D eigenvalue weighted by molar-refractivity contribution is 7.92. The fourth-order valence-electron chi connectivity index (χ4n) is 4.03. The zero-order chi connectivity index (χ0) is 26.2. The first kappa shape index (κ1) is 24.8. The highest BCUT2D eigenvalue weighted by Gasteiger charge is 2.23. The summed E-state index contributed by atoms with van der Waals surface area (Å²) in [6, 6.07) is 21.9. The van der Waals surface area contributed by atoms with Crippen LogP contribution in [0.5, 0.6) is 5.75 Å². The Morgan fingerprint density at radius 3 is 2.46 bits per heavy atom. The van der Waals surface area contributed by atoms with Crippen molar-refractivity contribution in [1.82, 2.24) is 10.1 Å². The summed E-state index contributed by atoms with van der Waals surface area (Å²) in [4.78, 5) is 4.62. The Bertz CT molecular complexity index is 1730. The Hall–Kier alpha value is -3.88. The maximum absolute atomic E-state index is 13.3. The molecule has 5 rings (SSSR count). The van der Waals surface area contributed by atoms with Crippen molar-refractivity contribution in [2.75, 3.05) is 4.72 Å². The predicted octanol–water partition coefficient (Wildman–Crippen LogP) is 6.85. The molecule has 37 heavy (non-hydrogen) atoms. The number of pyridine rings is 1. The number of halogens is 1. The number of rotatable bonds is 7. The lowest BCUT2D eigenvalue weighted by atomic mass is 10.0. The van der Waals surface area contributed by atoms with Crippen LogP contribution in [0.1, 0.15) is 22.5 Å². The molecular weight excluding hydrogens is 510 g/mol. The number of nitrogens with one attached hydrogen (secondary N) is 1. The molecule has 0 unspecified atom stereocenters. The molecule has 0 atom stereocenters. The van der Waals surface area contributed by atoms with E-state index in [1.54, 1.807) is 44.2 Å². The number of para-hydroxylation sites is 1. The van der Waals surface area contributed by atoms with E-state index in [1.165, 1.54) is 6.07 Å². The number of aromatic nitrogens is 2. The van der Waals surface area contributed by atoms with Crippen molar-refractivity contribution >= 4 is 38.4 Å². The van der Waals surface area contributed by atoms with E-state index in [1.807, 2.05) is 43.3 Å². The van der Waals surface area contributed by atoms with Gasteiger partial charge in [-0.25, -0.2) is 13.1 Å². The van der Waals surface area contributed by atoms with Crippen molar-refractivity contribution in [2.45, 2.75) is 32.3 Å². The van der Waals surface area contributed by atoms with E-state index in [9.17, 15) is 8.42 Å². The number of fused-ring (bicyclic) bond motifs is 1. The predicted molar refractivity (Wildman–Crippen MR) is 144 cm³/mol. The van der Waals surface area contributed by atoms with E-state index in [4.69, 9.17) is 20.9 Å². The van der Waals surface area contributed by atoms with Gasteiger partial charge in [0.15, 0.2) is 0 Å². The third-order valence-electron chi connectivity index (χ3n) is 6.09. The number of aryl methyl sites for hydroxylation is 2. The van der Waals surface area contributed by atoms with Gasteiger partial charge in [-0.05, 0) is 50.6 Å². The van der Waals surface area contributed by atoms with E-state index >= 15 is 0 Å². The van der Waals surface area contributed by atoms with Crippen molar-refractivity contribution < 1.29 is 17.7 Å². The van der Waals surface area contributed by atoms with Gasteiger partial charge in [0.1, 0.15) is 12.4 Å². The van der Waals surface area contributed by atoms with E-state index < -0.39 is 10.0 Å². The molecule has 9 heteroatoms. The van der Waals surface area contributed by atoms with Crippen LogP contribution in [0.3, 0.4) is 0 Å². The first-order valence-electron chi connectivity index (χ1n) is 11.6. The molecule has 0 aliphatic heterocycles. The van der Waals surface area contributed by atoms with Gasteiger partial charge in [0.05, 0.1) is 16.1 Å². The van der Waals surface area contributed by atoms with Gasteiger partial charge in [-0.3, -0.25) is 4.98 Å². The Labute approximate surface area is 220 Å². The van der Waals surface area contributed by atoms with Gasteiger partial charge in [0, 0.05) is 38.9 Å². The van der Waals surface area contributed by atoms with Crippen LogP contribution in [0.4, 0.5) is 5.88 Å². The Kier molecular flexibility index (Phi) is 6.62. The Morgan fingerprint density at radius 1 is 0.946 bits per heavy atom. The van der Waals surface area contributed by atoms with Crippen LogP contribution in [0.15, 0.2) is 82.2 Å². The normalized spacial score (nSPS) is 11.6. The largest absolute Gasteiger partial charge is 0.488 e. The molecule has 1 N–H and O–H groups in total. The molecule has 2 heterocycles. The summed E-state index contributed by atoms with van der Waals surface area (Å²) < 4.78 is 40.3. The Balaban J connectivity index is 1.42. The maximum Gasteiger partial charge on any atom is 0.264 e. The summed E-state index contributed by atoms with van der Waals surface area (Å²) in [6.07, 6.45) is 0. The number of ether oxygens (including phenoxy) is 1. The fourth-order valence-corrected chi connectivity index (χ4v) is 5.60. The first-order chi connectivity index (χ1) is 17.7. The van der Waals surface area contributed by atoms with Crippen LogP contribution in [-0.2, 0) is 16.6 Å². The summed E-state index contributed by atoms with van der Waals surface area (Å²) in [5.41, 5.74) is 4.87. The van der Waals surface area contributed by atoms with Gasteiger partial charge < -0.3 is 9.26 Å². The monoisotopic (exact) mass is 533 g/mol. The van der Waals surface area contributed by atoms with Gasteiger partial charge in [0.2, 0.25) is 5.88 Å². The molecular formula is C28H24ClN3O4S. The molecule has 7 nitrogen and oxygen atoms in total. The number of hydrogen-bond donors (Lipinski definition) is 1. The number of nitrogens with zero attached hydrogens (tertiary/aromatic N) is 2. The number of sulfonamides is 1. The van der Waals surface area contributed by atoms with E-state index in [2.05, 4.69) is 14.9 Å². The standard InChI is InChI=1S/C28H24ClN3O4S/c1-17-14-26(23-9-4-6-10-25(23)30-17)35-16-20-12-13-21(24(29)15-20)22-8-5-7-11-27(22)37(33,34)32-28-18(2)19(3)31-36-28/h4-15,32H,16H2,1-3H3. The molecule has 5 aromatic rings. The molecule has 0 bridgehead atoms. The summed E-state index contributed by atoms with van der Waals surface area (Å²) in [6.45, 7) is 5.70. The number of benzene rings is 3. The van der Waals surface area contributed by atoms with Gasteiger partial charge in [-0.2, -0.15) is 0 Å². The summed E-state index contributed by atoms with van der Waals surface area (Å²) in [7, 11) is -3.97. The number of anilines is 1. The quantitative estimate of drug-likeness (QED) is 0.246. The topological polar surface area (TPSA) is 94.3 Å². The number of hydrogen-bond acceptors (Lipinski definition) is 6. The lowest BCUT2D eigenvalue weighted by molar-refractivity contribution is 0.309. The van der Waals surface area contributed by atoms with Crippen molar-refractivity contribution in [2.24, 2.45) is 0 Å². The zero-order valence-electron chi connectivity index (χ0n) is 20.4. The molecule has 0 radical (unpaired) electrons. The van der Waals surface area contributed by atoms with E-state index in [0.29, 0.717) is 34.0 Å². The fraction of sp³-hybridized carbons (Fsp3) is 0.143. The van der Waals surface area contributed by atoms with Crippen molar-refractivity contribution in [3.8, 4) is 16.9 Å². The van der Waals surface area contributed by atoms with Gasteiger partial charge in [-0.1, -0.05) is 59.2 Å². The van der Waals surface area contributed by atoms with Gasteiger partial charge in [-0.15, -0.1) is 0 Å². The smallest absolute Gasteiger partial charge is 0.264 e. The molecule has 0 amide bonds. The van der Waals surface area contributed by atoms with Crippen LogP contribution >= 0.6 is 11.6 Å². The molecule has 2 aromatic heterocycles.